The lowest BCUT2D eigenvalue weighted by molar-refractivity contribution is 0.112. The molecule has 1 aliphatic rings. The lowest BCUT2D eigenvalue weighted by atomic mass is 10.0. The van der Waals surface area contributed by atoms with Gasteiger partial charge in [0.05, 0.1) is 18.7 Å². The van der Waals surface area contributed by atoms with Crippen LogP contribution in [0.1, 0.15) is 17.5 Å². The standard InChI is InChI=1S/C30H36Cl2N2O3.ClH/c1-35-26-9-4-7-24(23-26)13-14-25-8-2-3-11-28(25)36-21-6-15-33-16-18-34(19-17-33)20-22-37-29-12-5-10-27(31)30(29)32;/h2-5,7-12,23H,6,13-22H2,1H3;1H. The summed E-state index contributed by atoms with van der Waals surface area (Å²) in [5.41, 5.74) is 2.52. The topological polar surface area (TPSA) is 34.2 Å². The normalized spacial score (nSPS) is 14.1. The molecule has 38 heavy (non-hydrogen) atoms. The Hall–Kier alpha value is -2.15. The van der Waals surface area contributed by atoms with Crippen molar-refractivity contribution < 1.29 is 14.2 Å². The van der Waals surface area contributed by atoms with Crippen LogP contribution in [0.15, 0.2) is 66.7 Å². The fourth-order valence-electron chi connectivity index (χ4n) is 4.55. The third-order valence-corrected chi connectivity index (χ3v) is 7.51. The van der Waals surface area contributed by atoms with Crippen molar-refractivity contribution in [2.45, 2.75) is 19.3 Å². The Morgan fingerprint density at radius 1 is 0.737 bits per heavy atom. The van der Waals surface area contributed by atoms with Crippen LogP contribution >= 0.6 is 35.6 Å². The largest absolute Gasteiger partial charge is 0.497 e. The van der Waals surface area contributed by atoms with Gasteiger partial charge < -0.3 is 19.1 Å². The van der Waals surface area contributed by atoms with E-state index in [4.69, 9.17) is 37.4 Å². The Labute approximate surface area is 243 Å². The zero-order valence-electron chi connectivity index (χ0n) is 21.9. The fraction of sp³-hybridized carbons (Fsp3) is 0.400. The quantitative estimate of drug-likeness (QED) is 0.211. The highest BCUT2D eigenvalue weighted by Crippen LogP contribution is 2.31. The summed E-state index contributed by atoms with van der Waals surface area (Å²) in [6.07, 6.45) is 2.91. The number of methoxy groups -OCH3 is 1. The molecule has 0 bridgehead atoms. The highest BCUT2D eigenvalue weighted by molar-refractivity contribution is 6.42. The maximum atomic E-state index is 6.20. The van der Waals surface area contributed by atoms with Gasteiger partial charge >= 0.3 is 0 Å². The molecule has 0 radical (unpaired) electrons. The van der Waals surface area contributed by atoms with Gasteiger partial charge in [-0.3, -0.25) is 4.90 Å². The molecule has 0 amide bonds. The molecule has 1 fully saturated rings. The highest BCUT2D eigenvalue weighted by Gasteiger charge is 2.17. The molecule has 0 atom stereocenters. The molecule has 0 spiro atoms. The smallest absolute Gasteiger partial charge is 0.139 e. The average molecular weight is 580 g/mol. The Kier molecular flexibility index (Phi) is 12.9. The molecule has 5 nitrogen and oxygen atoms in total. The Balaban J connectivity index is 0.00000400. The van der Waals surface area contributed by atoms with Crippen LogP contribution in [-0.2, 0) is 12.8 Å². The van der Waals surface area contributed by atoms with Crippen molar-refractivity contribution in [2.24, 2.45) is 0 Å². The van der Waals surface area contributed by atoms with E-state index < -0.39 is 0 Å². The van der Waals surface area contributed by atoms with Gasteiger partial charge in [-0.1, -0.05) is 59.6 Å². The van der Waals surface area contributed by atoms with Gasteiger partial charge in [0, 0.05) is 39.3 Å². The number of para-hydroxylation sites is 1. The Morgan fingerprint density at radius 2 is 1.42 bits per heavy atom. The third kappa shape index (κ3) is 9.25. The average Bonchev–Trinajstić information content (AvgIpc) is 2.93. The minimum atomic E-state index is 0. The Bertz CT molecular complexity index is 1120. The van der Waals surface area contributed by atoms with Gasteiger partial charge in [0.25, 0.3) is 0 Å². The summed E-state index contributed by atoms with van der Waals surface area (Å²) < 4.78 is 17.4. The van der Waals surface area contributed by atoms with Gasteiger partial charge in [0.1, 0.15) is 28.9 Å². The van der Waals surface area contributed by atoms with Gasteiger partial charge in [-0.2, -0.15) is 0 Å². The van der Waals surface area contributed by atoms with Gasteiger partial charge in [-0.15, -0.1) is 12.4 Å². The first-order valence-electron chi connectivity index (χ1n) is 13.0. The van der Waals surface area contributed by atoms with E-state index in [1.807, 2.05) is 30.3 Å². The molecule has 206 valence electrons. The van der Waals surface area contributed by atoms with Crippen molar-refractivity contribution in [1.82, 2.24) is 9.80 Å². The van der Waals surface area contributed by atoms with Crippen LogP contribution < -0.4 is 14.2 Å². The number of aryl methyl sites for hydroxylation is 2. The van der Waals surface area contributed by atoms with Crippen molar-refractivity contribution in [2.75, 3.05) is 59.6 Å². The lowest BCUT2D eigenvalue weighted by Gasteiger charge is -2.34. The van der Waals surface area contributed by atoms with E-state index in [-0.39, 0.29) is 12.4 Å². The number of hydrogen-bond donors (Lipinski definition) is 0. The van der Waals surface area contributed by atoms with Crippen molar-refractivity contribution in [1.29, 1.82) is 0 Å². The zero-order valence-corrected chi connectivity index (χ0v) is 24.2. The monoisotopic (exact) mass is 578 g/mol. The first-order chi connectivity index (χ1) is 18.1. The molecule has 0 unspecified atom stereocenters. The summed E-state index contributed by atoms with van der Waals surface area (Å²) in [5, 5.41) is 1.00. The summed E-state index contributed by atoms with van der Waals surface area (Å²) in [6.45, 7) is 7.47. The van der Waals surface area contributed by atoms with Crippen LogP contribution in [0.25, 0.3) is 0 Å². The molecule has 3 aromatic carbocycles. The van der Waals surface area contributed by atoms with Gasteiger partial charge in [-0.05, 0) is 60.7 Å². The predicted octanol–water partition coefficient (Wildman–Crippen LogP) is 6.67. The van der Waals surface area contributed by atoms with E-state index in [1.54, 1.807) is 13.2 Å². The number of benzene rings is 3. The van der Waals surface area contributed by atoms with E-state index in [0.717, 1.165) is 76.6 Å². The number of piperazine rings is 1. The second kappa shape index (κ2) is 16.1. The lowest BCUT2D eigenvalue weighted by Crippen LogP contribution is -2.47. The molecule has 0 aromatic heterocycles. The molecule has 1 saturated heterocycles. The van der Waals surface area contributed by atoms with Crippen molar-refractivity contribution in [3.63, 3.8) is 0 Å². The zero-order chi connectivity index (χ0) is 25.9. The molecule has 0 saturated carbocycles. The minimum absolute atomic E-state index is 0. The van der Waals surface area contributed by atoms with Crippen LogP contribution in [0, 0.1) is 0 Å². The molecule has 1 heterocycles. The molecule has 3 aromatic rings. The van der Waals surface area contributed by atoms with Crippen LogP contribution in [0.3, 0.4) is 0 Å². The van der Waals surface area contributed by atoms with Gasteiger partial charge in [-0.25, -0.2) is 0 Å². The summed E-state index contributed by atoms with van der Waals surface area (Å²) in [6, 6.07) is 22.1. The molecular formula is C30H37Cl3N2O3. The number of nitrogens with zero attached hydrogens (tertiary/aromatic N) is 2. The number of rotatable bonds is 13. The fourth-order valence-corrected chi connectivity index (χ4v) is 4.89. The molecule has 0 aliphatic carbocycles. The number of halogens is 3. The first-order valence-corrected chi connectivity index (χ1v) is 13.7. The van der Waals surface area contributed by atoms with Crippen molar-refractivity contribution in [3.05, 3.63) is 87.9 Å². The SMILES string of the molecule is COc1cccc(CCc2ccccc2OCCCN2CCN(CCOc3cccc(Cl)c3Cl)CC2)c1.Cl. The molecule has 0 N–H and O–H groups in total. The summed E-state index contributed by atoms with van der Waals surface area (Å²) in [7, 11) is 1.71. The van der Waals surface area contributed by atoms with Crippen LogP contribution in [0.2, 0.25) is 10.0 Å². The van der Waals surface area contributed by atoms with E-state index >= 15 is 0 Å². The van der Waals surface area contributed by atoms with E-state index in [0.29, 0.717) is 22.4 Å². The second-order valence-corrected chi connectivity index (χ2v) is 10.0. The molecule has 4 rings (SSSR count). The first kappa shape index (κ1) is 30.4. The number of ether oxygens (including phenoxy) is 3. The molecular weight excluding hydrogens is 543 g/mol. The molecule has 1 aliphatic heterocycles. The van der Waals surface area contributed by atoms with E-state index in [2.05, 4.69) is 40.1 Å². The molecule has 8 heteroatoms. The van der Waals surface area contributed by atoms with Crippen molar-refractivity contribution >= 4 is 35.6 Å². The van der Waals surface area contributed by atoms with Gasteiger partial charge in [0.15, 0.2) is 0 Å². The van der Waals surface area contributed by atoms with E-state index in [1.165, 1.54) is 11.1 Å². The van der Waals surface area contributed by atoms with Gasteiger partial charge in [0.2, 0.25) is 0 Å². The Morgan fingerprint density at radius 3 is 2.21 bits per heavy atom. The maximum absolute atomic E-state index is 6.20. The van der Waals surface area contributed by atoms with Crippen LogP contribution in [0.5, 0.6) is 17.2 Å². The maximum Gasteiger partial charge on any atom is 0.139 e. The second-order valence-electron chi connectivity index (χ2n) is 9.24. The third-order valence-electron chi connectivity index (χ3n) is 6.71. The summed E-state index contributed by atoms with van der Waals surface area (Å²) in [5.74, 6) is 2.54. The summed E-state index contributed by atoms with van der Waals surface area (Å²) in [4.78, 5) is 4.95. The van der Waals surface area contributed by atoms with Crippen molar-refractivity contribution in [3.8, 4) is 17.2 Å². The van der Waals surface area contributed by atoms with E-state index in [9.17, 15) is 0 Å². The predicted molar refractivity (Wildman–Crippen MR) is 159 cm³/mol. The summed E-state index contributed by atoms with van der Waals surface area (Å²) >= 11 is 12.3. The highest BCUT2D eigenvalue weighted by atomic mass is 35.5. The number of hydrogen-bond acceptors (Lipinski definition) is 5. The van der Waals surface area contributed by atoms with Crippen LogP contribution in [-0.4, -0.2) is 69.4 Å². The van der Waals surface area contributed by atoms with Crippen LogP contribution in [0.4, 0.5) is 0 Å². The minimum Gasteiger partial charge on any atom is -0.497 e.